The second-order valence-corrected chi connectivity index (χ2v) is 5.38. The Morgan fingerprint density at radius 2 is 2.00 bits per heavy atom. The summed E-state index contributed by atoms with van der Waals surface area (Å²) in [5.41, 5.74) is 3.71. The van der Waals surface area contributed by atoms with Crippen LogP contribution in [0, 0.1) is 6.92 Å². The first-order chi connectivity index (χ1) is 8.11. The Labute approximate surface area is 118 Å². The zero-order chi connectivity index (χ0) is 12.7. The van der Waals surface area contributed by atoms with E-state index >= 15 is 0 Å². The van der Waals surface area contributed by atoms with Crippen LogP contribution < -0.4 is 0 Å². The van der Waals surface area contributed by atoms with E-state index in [0.717, 1.165) is 18.7 Å². The lowest BCUT2D eigenvalue weighted by molar-refractivity contribution is 0.551. The molecule has 1 rings (SSSR count). The van der Waals surface area contributed by atoms with Gasteiger partial charge in [0.2, 0.25) is 0 Å². The first kappa shape index (κ1) is 14.2. The molecule has 0 aromatic heterocycles. The Bertz CT molecular complexity index is 403. The van der Waals surface area contributed by atoms with Gasteiger partial charge < -0.3 is 0 Å². The van der Waals surface area contributed by atoms with Crippen molar-refractivity contribution in [1.29, 1.82) is 0 Å². The molecular weight excluding hydrogens is 321 g/mol. The van der Waals surface area contributed by atoms with Crippen molar-refractivity contribution >= 4 is 22.9 Å². The number of aryl methyl sites for hydroxylation is 1. The van der Waals surface area contributed by atoms with Crippen LogP contribution in [-0.2, 0) is 6.54 Å². The van der Waals surface area contributed by atoms with Crippen molar-refractivity contribution in [1.82, 2.24) is 3.11 Å². The molecule has 0 fully saturated rings. The molecule has 0 aliphatic heterocycles. The van der Waals surface area contributed by atoms with Crippen LogP contribution in [0.15, 0.2) is 61.2 Å². The number of halogens is 1. The Kier molecular flexibility index (Phi) is 6.22. The van der Waals surface area contributed by atoms with Crippen molar-refractivity contribution in [3.8, 4) is 0 Å². The number of rotatable bonds is 6. The average Bonchev–Trinajstić information content (AvgIpc) is 2.29. The monoisotopic (exact) mass is 339 g/mol. The van der Waals surface area contributed by atoms with E-state index in [1.807, 2.05) is 12.2 Å². The Balaban J connectivity index is 2.46. The van der Waals surface area contributed by atoms with Gasteiger partial charge in [-0.05, 0) is 18.1 Å². The Morgan fingerprint density at radius 1 is 1.35 bits per heavy atom. The van der Waals surface area contributed by atoms with E-state index in [0.29, 0.717) is 0 Å². The van der Waals surface area contributed by atoms with Crippen molar-refractivity contribution in [2.24, 2.45) is 0 Å². The lowest BCUT2D eigenvalue weighted by atomic mass is 10.1. The second kappa shape index (κ2) is 7.45. The fourth-order valence-corrected chi connectivity index (χ4v) is 2.26. The molecule has 2 heteroatoms. The van der Waals surface area contributed by atoms with Gasteiger partial charge >= 0.3 is 0 Å². The molecule has 0 heterocycles. The highest BCUT2D eigenvalue weighted by atomic mass is 127. The highest BCUT2D eigenvalue weighted by molar-refractivity contribution is 14.1. The third-order valence-corrected chi connectivity index (χ3v) is 3.00. The van der Waals surface area contributed by atoms with Crippen molar-refractivity contribution in [2.45, 2.75) is 13.5 Å². The van der Waals surface area contributed by atoms with Crippen LogP contribution >= 0.6 is 22.9 Å². The summed E-state index contributed by atoms with van der Waals surface area (Å²) in [7, 11) is 0. The number of hydrogen-bond acceptors (Lipinski definition) is 1. The molecule has 1 aromatic carbocycles. The average molecular weight is 339 g/mol. The first-order valence-corrected chi connectivity index (χ1v) is 6.51. The van der Waals surface area contributed by atoms with E-state index in [4.69, 9.17) is 0 Å². The highest BCUT2D eigenvalue weighted by Crippen LogP contribution is 2.12. The predicted octanol–water partition coefficient (Wildman–Crippen LogP) is 4.45. The van der Waals surface area contributed by atoms with E-state index in [2.05, 4.69) is 70.3 Å². The summed E-state index contributed by atoms with van der Waals surface area (Å²) in [4.78, 5) is 0. The van der Waals surface area contributed by atoms with E-state index in [-0.39, 0.29) is 0 Å². The molecule has 90 valence electrons. The minimum absolute atomic E-state index is 0.860. The predicted molar refractivity (Wildman–Crippen MR) is 84.1 cm³/mol. The SMILES string of the molecule is C=C/C=C\C(=C)CN(I)Cc1ccc(C)cc1. The summed E-state index contributed by atoms with van der Waals surface area (Å²) in [6.07, 6.45) is 5.68. The fraction of sp³-hybridized carbons (Fsp3) is 0.200. The highest BCUT2D eigenvalue weighted by Gasteiger charge is 2.02. The number of nitrogens with zero attached hydrogens (tertiary/aromatic N) is 1. The van der Waals surface area contributed by atoms with Gasteiger partial charge in [0.15, 0.2) is 0 Å². The zero-order valence-corrected chi connectivity index (χ0v) is 12.4. The van der Waals surface area contributed by atoms with Crippen LogP contribution in [0.5, 0.6) is 0 Å². The van der Waals surface area contributed by atoms with Crippen LogP contribution in [0.4, 0.5) is 0 Å². The van der Waals surface area contributed by atoms with Crippen LogP contribution in [0.1, 0.15) is 11.1 Å². The summed E-state index contributed by atoms with van der Waals surface area (Å²) < 4.78 is 2.22. The molecule has 0 radical (unpaired) electrons. The third kappa shape index (κ3) is 5.84. The summed E-state index contributed by atoms with van der Waals surface area (Å²) in [6, 6.07) is 8.63. The van der Waals surface area contributed by atoms with Crippen molar-refractivity contribution < 1.29 is 0 Å². The quantitative estimate of drug-likeness (QED) is 0.421. The Morgan fingerprint density at radius 3 is 2.59 bits per heavy atom. The molecule has 0 spiro atoms. The van der Waals surface area contributed by atoms with Gasteiger partial charge in [-0.3, -0.25) is 0 Å². The Hall–Kier alpha value is -0.870. The molecule has 0 saturated carbocycles. The van der Waals surface area contributed by atoms with Gasteiger partial charge in [0, 0.05) is 36.0 Å². The van der Waals surface area contributed by atoms with Crippen LogP contribution in [-0.4, -0.2) is 9.66 Å². The van der Waals surface area contributed by atoms with E-state index in [1.165, 1.54) is 11.1 Å². The third-order valence-electron chi connectivity index (χ3n) is 2.32. The molecular formula is C15H18IN. The van der Waals surface area contributed by atoms with E-state index < -0.39 is 0 Å². The standard InChI is InChI=1S/C15H18IN/c1-4-5-6-14(3)11-17(16)12-15-9-7-13(2)8-10-15/h4-10H,1,3,11-12H2,2H3/b6-5-. The van der Waals surface area contributed by atoms with Gasteiger partial charge in [-0.2, -0.15) is 0 Å². The van der Waals surface area contributed by atoms with Crippen LogP contribution in [0.3, 0.4) is 0 Å². The topological polar surface area (TPSA) is 3.24 Å². The number of allylic oxidation sites excluding steroid dienone is 2. The van der Waals surface area contributed by atoms with Gasteiger partial charge in [0.05, 0.1) is 0 Å². The van der Waals surface area contributed by atoms with Gasteiger partial charge in [0.1, 0.15) is 0 Å². The second-order valence-electron chi connectivity index (χ2n) is 4.02. The lowest BCUT2D eigenvalue weighted by Crippen LogP contribution is -2.13. The van der Waals surface area contributed by atoms with E-state index in [1.54, 1.807) is 6.08 Å². The summed E-state index contributed by atoms with van der Waals surface area (Å²) >= 11 is 2.33. The lowest BCUT2D eigenvalue weighted by Gasteiger charge is -2.14. The molecule has 0 bridgehead atoms. The normalized spacial score (nSPS) is 11.0. The summed E-state index contributed by atoms with van der Waals surface area (Å²) in [5.74, 6) is 0. The number of benzene rings is 1. The molecule has 0 unspecified atom stereocenters. The van der Waals surface area contributed by atoms with Crippen LogP contribution in [0.2, 0.25) is 0 Å². The molecule has 0 aliphatic rings. The minimum atomic E-state index is 0.860. The molecule has 17 heavy (non-hydrogen) atoms. The van der Waals surface area contributed by atoms with Crippen LogP contribution in [0.25, 0.3) is 0 Å². The first-order valence-electron chi connectivity index (χ1n) is 5.55. The molecule has 0 N–H and O–H groups in total. The molecule has 0 aliphatic carbocycles. The zero-order valence-electron chi connectivity index (χ0n) is 10.2. The van der Waals surface area contributed by atoms with Gasteiger partial charge in [0.25, 0.3) is 0 Å². The number of hydrogen-bond donors (Lipinski definition) is 0. The molecule has 1 nitrogen and oxygen atoms in total. The minimum Gasteiger partial charge on any atom is -0.239 e. The smallest absolute Gasteiger partial charge is 0.0336 e. The van der Waals surface area contributed by atoms with E-state index in [9.17, 15) is 0 Å². The van der Waals surface area contributed by atoms with Crippen molar-refractivity contribution in [2.75, 3.05) is 6.54 Å². The molecule has 1 aromatic rings. The maximum absolute atomic E-state index is 4.01. The molecule has 0 amide bonds. The summed E-state index contributed by atoms with van der Waals surface area (Å²) in [5, 5.41) is 0. The van der Waals surface area contributed by atoms with Gasteiger partial charge in [-0.25, -0.2) is 3.11 Å². The fourth-order valence-electron chi connectivity index (χ4n) is 1.42. The van der Waals surface area contributed by atoms with Crippen molar-refractivity contribution in [3.63, 3.8) is 0 Å². The molecule has 0 atom stereocenters. The maximum atomic E-state index is 4.01. The largest absolute Gasteiger partial charge is 0.239 e. The van der Waals surface area contributed by atoms with Gasteiger partial charge in [-0.15, -0.1) is 0 Å². The van der Waals surface area contributed by atoms with Gasteiger partial charge in [-0.1, -0.05) is 61.2 Å². The maximum Gasteiger partial charge on any atom is 0.0336 e. The molecule has 0 saturated heterocycles. The summed E-state index contributed by atoms with van der Waals surface area (Å²) in [6.45, 7) is 11.5. The van der Waals surface area contributed by atoms with Crippen molar-refractivity contribution in [3.05, 3.63) is 72.4 Å².